The van der Waals surface area contributed by atoms with E-state index in [-0.39, 0.29) is 0 Å². The number of carboxylic acids is 1. The van der Waals surface area contributed by atoms with Gasteiger partial charge in [0.2, 0.25) is 0 Å². The van der Waals surface area contributed by atoms with Gasteiger partial charge >= 0.3 is 5.97 Å². The van der Waals surface area contributed by atoms with Gasteiger partial charge in [-0.3, -0.25) is 4.98 Å². The number of carbonyl (C=O) groups is 1. The molecule has 0 aliphatic rings. The lowest BCUT2D eigenvalue weighted by Crippen LogP contribution is -2.23. The molecule has 22 heavy (non-hydrogen) atoms. The third-order valence-corrected chi connectivity index (χ3v) is 4.08. The minimum Gasteiger partial charge on any atom is -0.480 e. The van der Waals surface area contributed by atoms with Gasteiger partial charge in [-0.25, -0.2) is 4.79 Å². The number of hydrogen-bond donors (Lipinski definition) is 1. The van der Waals surface area contributed by atoms with Crippen molar-refractivity contribution in [2.24, 2.45) is 0 Å². The fourth-order valence-corrected chi connectivity index (χ4v) is 3.00. The van der Waals surface area contributed by atoms with E-state index in [2.05, 4.69) is 4.98 Å². The molecule has 2 aromatic heterocycles. The van der Waals surface area contributed by atoms with Gasteiger partial charge in [0.05, 0.1) is 5.52 Å². The Bertz CT molecular complexity index is 811. The summed E-state index contributed by atoms with van der Waals surface area (Å²) in [5, 5.41) is 10.7. The van der Waals surface area contributed by atoms with Crippen LogP contribution >= 0.6 is 0 Å². The van der Waals surface area contributed by atoms with Crippen LogP contribution in [0.4, 0.5) is 0 Å². The van der Waals surface area contributed by atoms with Crippen molar-refractivity contribution in [3.05, 3.63) is 65.6 Å². The Labute approximate surface area is 129 Å². The van der Waals surface area contributed by atoms with Crippen LogP contribution in [0.15, 0.2) is 48.7 Å². The molecule has 4 heteroatoms. The molecule has 0 saturated heterocycles. The van der Waals surface area contributed by atoms with Crippen LogP contribution in [0.1, 0.15) is 23.0 Å². The predicted molar refractivity (Wildman–Crippen MR) is 86.0 cm³/mol. The third-order valence-electron chi connectivity index (χ3n) is 4.08. The molecule has 1 aromatic carbocycles. The quantitative estimate of drug-likeness (QED) is 0.801. The molecular formula is C18H18N2O2. The van der Waals surface area contributed by atoms with Crippen LogP contribution in [0.25, 0.3) is 10.9 Å². The molecule has 1 atom stereocenters. The van der Waals surface area contributed by atoms with Gasteiger partial charge in [-0.1, -0.05) is 18.2 Å². The number of aromatic nitrogens is 2. The summed E-state index contributed by atoms with van der Waals surface area (Å²) in [5.41, 5.74) is 3.82. The lowest BCUT2D eigenvalue weighted by atomic mass is 10.0. The standard InChI is InChI=1S/C18H18N2O2/c1-12-7-8-13(2)20(12)17(18(21)22)11-14-9-10-19-16-6-4-3-5-15(14)16/h3-10,17H,11H2,1-2H3,(H,21,22). The van der Waals surface area contributed by atoms with Crippen LogP contribution in [0.3, 0.4) is 0 Å². The summed E-state index contributed by atoms with van der Waals surface area (Å²) >= 11 is 0. The first-order chi connectivity index (χ1) is 10.6. The summed E-state index contributed by atoms with van der Waals surface area (Å²) in [4.78, 5) is 16.1. The summed E-state index contributed by atoms with van der Waals surface area (Å²) in [6.45, 7) is 3.88. The molecule has 1 unspecified atom stereocenters. The Morgan fingerprint density at radius 3 is 2.50 bits per heavy atom. The van der Waals surface area contributed by atoms with E-state index in [4.69, 9.17) is 0 Å². The van der Waals surface area contributed by atoms with Crippen molar-refractivity contribution < 1.29 is 9.90 Å². The Morgan fingerprint density at radius 1 is 1.14 bits per heavy atom. The van der Waals surface area contributed by atoms with E-state index in [0.29, 0.717) is 6.42 Å². The van der Waals surface area contributed by atoms with Crippen LogP contribution in [0.5, 0.6) is 0 Å². The summed E-state index contributed by atoms with van der Waals surface area (Å²) < 4.78 is 1.89. The van der Waals surface area contributed by atoms with E-state index in [0.717, 1.165) is 27.9 Å². The van der Waals surface area contributed by atoms with Gasteiger partial charge in [0.25, 0.3) is 0 Å². The normalized spacial score (nSPS) is 12.5. The third kappa shape index (κ3) is 2.48. The highest BCUT2D eigenvalue weighted by Crippen LogP contribution is 2.24. The second-order valence-electron chi connectivity index (χ2n) is 5.53. The van der Waals surface area contributed by atoms with Gasteiger partial charge in [0, 0.05) is 29.4 Å². The summed E-state index contributed by atoms with van der Waals surface area (Å²) in [6, 6.07) is 13.0. The Hall–Kier alpha value is -2.62. The highest BCUT2D eigenvalue weighted by atomic mass is 16.4. The van der Waals surface area contributed by atoms with E-state index in [1.54, 1.807) is 6.20 Å². The maximum Gasteiger partial charge on any atom is 0.327 e. The molecule has 0 saturated carbocycles. The molecule has 2 heterocycles. The maximum absolute atomic E-state index is 11.8. The zero-order valence-corrected chi connectivity index (χ0v) is 12.7. The second kappa shape index (κ2) is 5.64. The summed E-state index contributed by atoms with van der Waals surface area (Å²) in [6.07, 6.45) is 2.18. The number of pyridine rings is 1. The van der Waals surface area contributed by atoms with Crippen LogP contribution in [0, 0.1) is 13.8 Å². The van der Waals surface area contributed by atoms with Gasteiger partial charge < -0.3 is 9.67 Å². The fraction of sp³-hybridized carbons (Fsp3) is 0.222. The van der Waals surface area contributed by atoms with Crippen molar-refractivity contribution in [1.82, 2.24) is 9.55 Å². The molecule has 0 bridgehead atoms. The molecule has 0 amide bonds. The van der Waals surface area contributed by atoms with Crippen molar-refractivity contribution in [2.45, 2.75) is 26.3 Å². The molecule has 3 aromatic rings. The minimum absolute atomic E-state index is 0.439. The Balaban J connectivity index is 2.06. The topological polar surface area (TPSA) is 55.1 Å². The van der Waals surface area contributed by atoms with E-state index >= 15 is 0 Å². The van der Waals surface area contributed by atoms with E-state index in [9.17, 15) is 9.90 Å². The molecule has 3 rings (SSSR count). The van der Waals surface area contributed by atoms with E-state index in [1.165, 1.54) is 0 Å². The van der Waals surface area contributed by atoms with E-state index < -0.39 is 12.0 Å². The molecule has 1 N–H and O–H groups in total. The Kier molecular flexibility index (Phi) is 3.67. The van der Waals surface area contributed by atoms with E-state index in [1.807, 2.05) is 60.9 Å². The Morgan fingerprint density at radius 2 is 1.82 bits per heavy atom. The first kappa shape index (κ1) is 14.3. The smallest absolute Gasteiger partial charge is 0.327 e. The minimum atomic E-state index is -0.816. The van der Waals surface area contributed by atoms with Crippen LogP contribution < -0.4 is 0 Å². The molecule has 0 fully saturated rings. The average molecular weight is 294 g/mol. The molecule has 112 valence electrons. The largest absolute Gasteiger partial charge is 0.480 e. The first-order valence-corrected chi connectivity index (χ1v) is 7.28. The molecule has 0 aliphatic carbocycles. The lowest BCUT2D eigenvalue weighted by Gasteiger charge is -2.19. The summed E-state index contributed by atoms with van der Waals surface area (Å²) in [7, 11) is 0. The fourth-order valence-electron chi connectivity index (χ4n) is 3.00. The number of aliphatic carboxylic acids is 1. The van der Waals surface area contributed by atoms with Crippen molar-refractivity contribution in [3.8, 4) is 0 Å². The van der Waals surface area contributed by atoms with Crippen molar-refractivity contribution in [1.29, 1.82) is 0 Å². The lowest BCUT2D eigenvalue weighted by molar-refractivity contribution is -0.141. The van der Waals surface area contributed by atoms with Crippen molar-refractivity contribution >= 4 is 16.9 Å². The molecule has 4 nitrogen and oxygen atoms in total. The number of benzene rings is 1. The first-order valence-electron chi connectivity index (χ1n) is 7.28. The van der Waals surface area contributed by atoms with Gasteiger partial charge in [0.15, 0.2) is 0 Å². The zero-order chi connectivity index (χ0) is 15.7. The van der Waals surface area contributed by atoms with Gasteiger partial charge in [-0.2, -0.15) is 0 Å². The van der Waals surface area contributed by atoms with Crippen LogP contribution in [-0.2, 0) is 11.2 Å². The van der Waals surface area contributed by atoms with Gasteiger partial charge in [-0.15, -0.1) is 0 Å². The highest BCUT2D eigenvalue weighted by Gasteiger charge is 2.23. The molecular weight excluding hydrogens is 276 g/mol. The highest BCUT2D eigenvalue weighted by molar-refractivity contribution is 5.83. The van der Waals surface area contributed by atoms with Gasteiger partial charge in [0.1, 0.15) is 6.04 Å². The number of hydrogen-bond acceptors (Lipinski definition) is 2. The second-order valence-corrected chi connectivity index (χ2v) is 5.53. The van der Waals surface area contributed by atoms with Crippen LogP contribution in [-0.4, -0.2) is 20.6 Å². The maximum atomic E-state index is 11.8. The molecule has 0 aliphatic heterocycles. The van der Waals surface area contributed by atoms with Gasteiger partial charge in [-0.05, 0) is 43.7 Å². The number of aryl methyl sites for hydroxylation is 2. The molecule has 0 spiro atoms. The zero-order valence-electron chi connectivity index (χ0n) is 12.7. The number of rotatable bonds is 4. The van der Waals surface area contributed by atoms with Crippen LogP contribution in [0.2, 0.25) is 0 Å². The number of nitrogens with zero attached hydrogens (tertiary/aromatic N) is 2. The average Bonchev–Trinajstić information content (AvgIpc) is 2.84. The predicted octanol–water partition coefficient (Wildman–Crippen LogP) is 3.52. The molecule has 0 radical (unpaired) electrons. The van der Waals surface area contributed by atoms with Crippen molar-refractivity contribution in [2.75, 3.05) is 0 Å². The summed E-state index contributed by atoms with van der Waals surface area (Å²) in [5.74, 6) is -0.816. The number of para-hydroxylation sites is 1. The monoisotopic (exact) mass is 294 g/mol. The number of fused-ring (bicyclic) bond motifs is 1. The van der Waals surface area contributed by atoms with Crippen molar-refractivity contribution in [3.63, 3.8) is 0 Å². The SMILES string of the molecule is Cc1ccc(C)n1C(Cc1ccnc2ccccc12)C(=O)O. The number of carboxylic acid groups (broad SMARTS) is 1.